The molecule has 106 valence electrons. The Morgan fingerprint density at radius 2 is 1.95 bits per heavy atom. The summed E-state index contributed by atoms with van der Waals surface area (Å²) in [5, 5.41) is 0.808. The van der Waals surface area contributed by atoms with E-state index in [1.807, 2.05) is 31.2 Å². The normalized spacial score (nSPS) is 11.0. The lowest BCUT2D eigenvalue weighted by atomic mass is 9.96. The first kappa shape index (κ1) is 13.6. The molecule has 1 aromatic heterocycles. The predicted octanol–water partition coefficient (Wildman–Crippen LogP) is 4.67. The number of fused-ring (bicyclic) bond motifs is 1. The van der Waals surface area contributed by atoms with Crippen LogP contribution in [-0.2, 0) is 6.42 Å². The van der Waals surface area contributed by atoms with Crippen LogP contribution in [0.25, 0.3) is 11.0 Å². The molecule has 0 radical (unpaired) electrons. The smallest absolute Gasteiger partial charge is 0.197 e. The average Bonchev–Trinajstić information content (AvgIpc) is 2.85. The lowest BCUT2D eigenvalue weighted by Gasteiger charge is -2.05. The third-order valence-electron chi connectivity index (χ3n) is 3.65. The van der Waals surface area contributed by atoms with Gasteiger partial charge in [0, 0.05) is 17.4 Å². The van der Waals surface area contributed by atoms with Crippen molar-refractivity contribution < 1.29 is 13.6 Å². The molecule has 0 amide bonds. The number of hydrogen-bond donors (Lipinski definition) is 0. The monoisotopic (exact) mass is 282 g/mol. The molecule has 1 heterocycles. The average molecular weight is 282 g/mol. The third-order valence-corrected chi connectivity index (χ3v) is 3.65. The number of furan rings is 1. The van der Waals surface area contributed by atoms with Crippen molar-refractivity contribution in [3.63, 3.8) is 0 Å². The summed E-state index contributed by atoms with van der Waals surface area (Å²) in [5.41, 5.74) is 2.44. The highest BCUT2D eigenvalue weighted by Gasteiger charge is 2.22. The number of hydrogen-bond acceptors (Lipinski definition) is 2. The molecule has 0 fully saturated rings. The molecule has 0 aliphatic carbocycles. The zero-order valence-electron chi connectivity index (χ0n) is 11.9. The van der Waals surface area contributed by atoms with Gasteiger partial charge in [0.2, 0.25) is 0 Å². The van der Waals surface area contributed by atoms with Gasteiger partial charge in [-0.25, -0.2) is 4.39 Å². The Hall–Kier alpha value is -2.42. The number of carbonyl (C=O) groups excluding carboxylic acids is 1. The summed E-state index contributed by atoms with van der Waals surface area (Å²) in [5.74, 6) is 0.219. The number of ketones is 1. The molecule has 2 aromatic carbocycles. The second kappa shape index (κ2) is 5.17. The van der Waals surface area contributed by atoms with E-state index in [0.29, 0.717) is 34.5 Å². The minimum absolute atomic E-state index is 0.116. The molecular formula is C18H15FO2. The Balaban J connectivity index is 2.21. The molecule has 0 saturated carbocycles. The number of rotatable bonds is 3. The van der Waals surface area contributed by atoms with Crippen molar-refractivity contribution in [1.29, 1.82) is 0 Å². The van der Waals surface area contributed by atoms with E-state index in [-0.39, 0.29) is 11.6 Å². The fraction of sp³-hybridized carbons (Fsp3) is 0.167. The summed E-state index contributed by atoms with van der Waals surface area (Å²) in [6.07, 6.45) is 0.635. The van der Waals surface area contributed by atoms with E-state index >= 15 is 0 Å². The minimum Gasteiger partial charge on any atom is -0.460 e. The van der Waals surface area contributed by atoms with E-state index < -0.39 is 0 Å². The standard InChI is InChI=1S/C18H15FO2/c1-3-15-17(14-6-4-5-7-16(14)21-15)18(20)13-9-8-12(19)10-11(13)2/h4-10H,3H2,1-2H3. The van der Waals surface area contributed by atoms with E-state index in [1.54, 1.807) is 6.92 Å². The number of benzene rings is 2. The Morgan fingerprint density at radius 3 is 2.67 bits per heavy atom. The first-order valence-corrected chi connectivity index (χ1v) is 6.93. The molecule has 0 aliphatic rings. The van der Waals surface area contributed by atoms with Crippen LogP contribution in [0.15, 0.2) is 46.9 Å². The van der Waals surface area contributed by atoms with E-state index in [4.69, 9.17) is 4.42 Å². The van der Waals surface area contributed by atoms with Gasteiger partial charge in [-0.05, 0) is 36.8 Å². The first-order chi connectivity index (χ1) is 10.1. The summed E-state index contributed by atoms with van der Waals surface area (Å²) in [4.78, 5) is 12.9. The molecule has 3 rings (SSSR count). The highest BCUT2D eigenvalue weighted by molar-refractivity contribution is 6.17. The van der Waals surface area contributed by atoms with Crippen molar-refractivity contribution in [1.82, 2.24) is 0 Å². The van der Waals surface area contributed by atoms with E-state index in [0.717, 1.165) is 5.39 Å². The van der Waals surface area contributed by atoms with Gasteiger partial charge in [-0.1, -0.05) is 25.1 Å². The summed E-state index contributed by atoms with van der Waals surface area (Å²) < 4.78 is 19.0. The van der Waals surface area contributed by atoms with Crippen LogP contribution in [0.5, 0.6) is 0 Å². The fourth-order valence-electron chi connectivity index (χ4n) is 2.61. The summed E-state index contributed by atoms with van der Waals surface area (Å²) in [6.45, 7) is 3.69. The molecule has 0 N–H and O–H groups in total. The molecule has 2 nitrogen and oxygen atoms in total. The molecule has 0 saturated heterocycles. The lowest BCUT2D eigenvalue weighted by Crippen LogP contribution is -2.06. The highest BCUT2D eigenvalue weighted by atomic mass is 19.1. The van der Waals surface area contributed by atoms with Gasteiger partial charge in [0.1, 0.15) is 17.2 Å². The van der Waals surface area contributed by atoms with Crippen molar-refractivity contribution in [3.05, 3.63) is 70.7 Å². The molecule has 3 heteroatoms. The Labute approximate surface area is 122 Å². The molecule has 0 spiro atoms. The van der Waals surface area contributed by atoms with Crippen LogP contribution in [-0.4, -0.2) is 5.78 Å². The fourth-order valence-corrected chi connectivity index (χ4v) is 2.61. The van der Waals surface area contributed by atoms with E-state index in [9.17, 15) is 9.18 Å². The summed E-state index contributed by atoms with van der Waals surface area (Å²) >= 11 is 0. The van der Waals surface area contributed by atoms with Crippen LogP contribution in [0.1, 0.15) is 34.2 Å². The number of halogens is 1. The largest absolute Gasteiger partial charge is 0.460 e. The molecule has 0 bridgehead atoms. The SMILES string of the molecule is CCc1oc2ccccc2c1C(=O)c1ccc(F)cc1C. The van der Waals surface area contributed by atoms with Gasteiger partial charge in [-0.2, -0.15) is 0 Å². The van der Waals surface area contributed by atoms with Gasteiger partial charge in [0.05, 0.1) is 5.56 Å². The van der Waals surface area contributed by atoms with E-state index in [2.05, 4.69) is 0 Å². The molecule has 0 unspecified atom stereocenters. The van der Waals surface area contributed by atoms with Gasteiger partial charge >= 0.3 is 0 Å². The summed E-state index contributed by atoms with van der Waals surface area (Å²) in [7, 11) is 0. The molecule has 0 atom stereocenters. The van der Waals surface area contributed by atoms with Crippen LogP contribution in [0.4, 0.5) is 4.39 Å². The highest BCUT2D eigenvalue weighted by Crippen LogP contribution is 2.29. The Kier molecular flexibility index (Phi) is 3.34. The predicted molar refractivity (Wildman–Crippen MR) is 80.2 cm³/mol. The molecule has 3 aromatic rings. The van der Waals surface area contributed by atoms with Gasteiger partial charge in [0.25, 0.3) is 0 Å². The second-order valence-corrected chi connectivity index (χ2v) is 5.04. The van der Waals surface area contributed by atoms with Crippen LogP contribution >= 0.6 is 0 Å². The van der Waals surface area contributed by atoms with Crippen molar-refractivity contribution >= 4 is 16.8 Å². The van der Waals surface area contributed by atoms with Crippen molar-refractivity contribution in [2.75, 3.05) is 0 Å². The lowest BCUT2D eigenvalue weighted by molar-refractivity contribution is 0.103. The molecular weight excluding hydrogens is 267 g/mol. The van der Waals surface area contributed by atoms with Crippen molar-refractivity contribution in [2.45, 2.75) is 20.3 Å². The van der Waals surface area contributed by atoms with Crippen molar-refractivity contribution in [2.24, 2.45) is 0 Å². The number of para-hydroxylation sites is 1. The van der Waals surface area contributed by atoms with Crippen LogP contribution < -0.4 is 0 Å². The Morgan fingerprint density at radius 1 is 1.19 bits per heavy atom. The topological polar surface area (TPSA) is 30.2 Å². The van der Waals surface area contributed by atoms with Gasteiger partial charge < -0.3 is 4.42 Å². The van der Waals surface area contributed by atoms with Gasteiger partial charge in [-0.15, -0.1) is 0 Å². The number of aryl methyl sites for hydroxylation is 2. The van der Waals surface area contributed by atoms with Crippen LogP contribution in [0.3, 0.4) is 0 Å². The van der Waals surface area contributed by atoms with E-state index in [1.165, 1.54) is 18.2 Å². The third kappa shape index (κ3) is 2.25. The van der Waals surface area contributed by atoms with Gasteiger partial charge in [-0.3, -0.25) is 4.79 Å². The summed E-state index contributed by atoms with van der Waals surface area (Å²) in [6, 6.07) is 11.7. The van der Waals surface area contributed by atoms with Crippen LogP contribution in [0, 0.1) is 12.7 Å². The maximum Gasteiger partial charge on any atom is 0.197 e. The molecule has 0 aliphatic heterocycles. The van der Waals surface area contributed by atoms with Gasteiger partial charge in [0.15, 0.2) is 5.78 Å². The maximum atomic E-state index is 13.2. The maximum absolute atomic E-state index is 13.2. The zero-order chi connectivity index (χ0) is 15.0. The second-order valence-electron chi connectivity index (χ2n) is 5.04. The quantitative estimate of drug-likeness (QED) is 0.653. The molecule has 21 heavy (non-hydrogen) atoms. The number of carbonyl (C=O) groups is 1. The Bertz CT molecular complexity index is 830. The first-order valence-electron chi connectivity index (χ1n) is 6.93. The van der Waals surface area contributed by atoms with Crippen LogP contribution in [0.2, 0.25) is 0 Å². The zero-order valence-corrected chi connectivity index (χ0v) is 11.9. The minimum atomic E-state index is -0.336. The van der Waals surface area contributed by atoms with Crippen molar-refractivity contribution in [3.8, 4) is 0 Å².